The first-order valence-electron chi connectivity index (χ1n) is 11.6. The van der Waals surface area contributed by atoms with Gasteiger partial charge in [-0.25, -0.2) is 4.79 Å². The van der Waals surface area contributed by atoms with Crippen molar-refractivity contribution >= 4 is 45.3 Å². The summed E-state index contributed by atoms with van der Waals surface area (Å²) in [6.45, 7) is 3.20. The fourth-order valence-electron chi connectivity index (χ4n) is 4.51. The lowest BCUT2D eigenvalue weighted by atomic mass is 9.86. The van der Waals surface area contributed by atoms with E-state index in [1.54, 1.807) is 0 Å². The van der Waals surface area contributed by atoms with Crippen molar-refractivity contribution in [2.24, 2.45) is 5.92 Å². The summed E-state index contributed by atoms with van der Waals surface area (Å²) in [5.41, 5.74) is 4.40. The van der Waals surface area contributed by atoms with E-state index in [1.165, 1.54) is 58.7 Å². The van der Waals surface area contributed by atoms with Crippen molar-refractivity contribution in [2.75, 3.05) is 18.5 Å². The van der Waals surface area contributed by atoms with Crippen molar-refractivity contribution < 1.29 is 14.3 Å². The van der Waals surface area contributed by atoms with Gasteiger partial charge in [-0.3, -0.25) is 5.32 Å². The van der Waals surface area contributed by atoms with Crippen molar-refractivity contribution in [3.63, 3.8) is 0 Å². The molecule has 3 aromatic rings. The maximum absolute atomic E-state index is 12.1. The number of rotatable bonds is 7. The molecule has 2 saturated carbocycles. The summed E-state index contributed by atoms with van der Waals surface area (Å²) in [6, 6.07) is 15.0. The maximum Gasteiger partial charge on any atom is 0.411 e. The van der Waals surface area contributed by atoms with Crippen LogP contribution in [0.25, 0.3) is 22.2 Å². The maximum atomic E-state index is 12.1. The van der Waals surface area contributed by atoms with Crippen molar-refractivity contribution in [1.82, 2.24) is 4.57 Å². The number of hydrogen-bond acceptors (Lipinski definition) is 3. The molecule has 2 aliphatic carbocycles. The van der Waals surface area contributed by atoms with Gasteiger partial charge < -0.3 is 14.0 Å². The second kappa shape index (κ2) is 9.33. The summed E-state index contributed by atoms with van der Waals surface area (Å²) in [5, 5.41) is 4.12. The van der Waals surface area contributed by atoms with Crippen LogP contribution in [0.15, 0.2) is 42.5 Å². The molecule has 32 heavy (non-hydrogen) atoms. The monoisotopic (exact) mass is 544 g/mol. The summed E-state index contributed by atoms with van der Waals surface area (Å²) < 4.78 is 14.9. The second-order valence-corrected chi connectivity index (χ2v) is 9.91. The fourth-order valence-corrected chi connectivity index (χ4v) is 5.54. The van der Waals surface area contributed by atoms with E-state index in [0.29, 0.717) is 25.2 Å². The van der Waals surface area contributed by atoms with Crippen LogP contribution in [0, 0.1) is 9.49 Å². The first-order valence-corrected chi connectivity index (χ1v) is 12.7. The Bertz CT molecular complexity index is 1110. The Hall–Kier alpha value is -2.22. The number of hydrogen-bond donors (Lipinski definition) is 1. The molecule has 1 heterocycles. The molecule has 1 N–H and O–H groups in total. The quantitative estimate of drug-likeness (QED) is 0.316. The smallest absolute Gasteiger partial charge is 0.411 e. The minimum Gasteiger partial charge on any atom is -0.494 e. The van der Waals surface area contributed by atoms with E-state index in [-0.39, 0.29) is 6.09 Å². The molecule has 0 spiro atoms. The van der Waals surface area contributed by atoms with Crippen LogP contribution in [0.1, 0.15) is 51.5 Å². The van der Waals surface area contributed by atoms with Gasteiger partial charge in [-0.2, -0.15) is 0 Å². The van der Waals surface area contributed by atoms with Crippen LogP contribution < -0.4 is 10.1 Å². The Morgan fingerprint density at radius 2 is 1.84 bits per heavy atom. The van der Waals surface area contributed by atoms with E-state index in [1.807, 2.05) is 19.1 Å². The number of nitrogens with one attached hydrogen (secondary N) is 1. The number of halogens is 1. The molecule has 6 heteroatoms. The number of anilines is 1. The SMILES string of the molecule is CCOc1ccc2c(I)c(-c3ccc(NC(=O)OCC4CCC4)cc3)n(C3CCC3)c2c1. The first kappa shape index (κ1) is 21.6. The highest BCUT2D eigenvalue weighted by molar-refractivity contribution is 14.1. The molecule has 2 aromatic carbocycles. The van der Waals surface area contributed by atoms with Crippen molar-refractivity contribution in [2.45, 2.75) is 51.5 Å². The van der Waals surface area contributed by atoms with Crippen LogP contribution >= 0.6 is 22.6 Å². The molecule has 2 aliphatic rings. The second-order valence-electron chi connectivity index (χ2n) is 8.83. The lowest BCUT2D eigenvalue weighted by molar-refractivity contribution is 0.115. The number of aromatic nitrogens is 1. The van der Waals surface area contributed by atoms with Gasteiger partial charge in [0.1, 0.15) is 5.75 Å². The fraction of sp³-hybridized carbons (Fsp3) is 0.423. The predicted octanol–water partition coefficient (Wildman–Crippen LogP) is 7.39. The third-order valence-electron chi connectivity index (χ3n) is 6.74. The van der Waals surface area contributed by atoms with E-state index in [2.05, 4.69) is 62.8 Å². The Kier molecular flexibility index (Phi) is 6.31. The minimum absolute atomic E-state index is 0.369. The van der Waals surface area contributed by atoms with Gasteiger partial charge in [0.2, 0.25) is 0 Å². The van der Waals surface area contributed by atoms with E-state index in [4.69, 9.17) is 9.47 Å². The van der Waals surface area contributed by atoms with Gasteiger partial charge in [-0.05, 0) is 97.4 Å². The highest BCUT2D eigenvalue weighted by atomic mass is 127. The topological polar surface area (TPSA) is 52.5 Å². The summed E-state index contributed by atoms with van der Waals surface area (Å²) in [6.07, 6.45) is 6.91. The molecule has 0 radical (unpaired) electrons. The summed E-state index contributed by atoms with van der Waals surface area (Å²) in [4.78, 5) is 12.1. The molecule has 0 bridgehead atoms. The predicted molar refractivity (Wildman–Crippen MR) is 136 cm³/mol. The number of benzene rings is 2. The zero-order valence-corrected chi connectivity index (χ0v) is 20.6. The van der Waals surface area contributed by atoms with Crippen LogP contribution in [-0.4, -0.2) is 23.9 Å². The van der Waals surface area contributed by atoms with Gasteiger partial charge >= 0.3 is 6.09 Å². The molecule has 5 rings (SSSR count). The number of carbonyl (C=O) groups is 1. The number of carbonyl (C=O) groups excluding carboxylic acids is 1. The zero-order valence-electron chi connectivity index (χ0n) is 18.4. The van der Waals surface area contributed by atoms with E-state index in [9.17, 15) is 4.79 Å². The van der Waals surface area contributed by atoms with Crippen LogP contribution in [0.3, 0.4) is 0 Å². The Morgan fingerprint density at radius 1 is 1.09 bits per heavy atom. The van der Waals surface area contributed by atoms with Crippen LogP contribution in [0.2, 0.25) is 0 Å². The van der Waals surface area contributed by atoms with Crippen molar-refractivity contribution in [1.29, 1.82) is 0 Å². The Labute approximate surface area is 202 Å². The summed E-state index contributed by atoms with van der Waals surface area (Å²) >= 11 is 2.47. The number of fused-ring (bicyclic) bond motifs is 1. The largest absolute Gasteiger partial charge is 0.494 e. The average Bonchev–Trinajstić information content (AvgIpc) is 2.98. The highest BCUT2D eigenvalue weighted by Crippen LogP contribution is 2.44. The Balaban J connectivity index is 1.42. The van der Waals surface area contributed by atoms with Gasteiger partial charge in [0.05, 0.1) is 24.4 Å². The van der Waals surface area contributed by atoms with Gasteiger partial charge in [0, 0.05) is 26.8 Å². The number of amides is 1. The molecule has 0 atom stereocenters. The van der Waals surface area contributed by atoms with Gasteiger partial charge in [-0.15, -0.1) is 0 Å². The van der Waals surface area contributed by atoms with Gasteiger partial charge in [0.25, 0.3) is 0 Å². The first-order chi connectivity index (χ1) is 15.6. The summed E-state index contributed by atoms with van der Waals surface area (Å²) in [5.74, 6) is 1.46. The van der Waals surface area contributed by atoms with Gasteiger partial charge in [0.15, 0.2) is 0 Å². The normalized spacial score (nSPS) is 16.4. The molecule has 0 aliphatic heterocycles. The van der Waals surface area contributed by atoms with E-state index in [0.717, 1.165) is 17.0 Å². The molecule has 168 valence electrons. The van der Waals surface area contributed by atoms with Crippen molar-refractivity contribution in [3.8, 4) is 17.0 Å². The number of ether oxygens (including phenoxy) is 2. The number of nitrogens with zero attached hydrogens (tertiary/aromatic N) is 1. The minimum atomic E-state index is -0.369. The zero-order chi connectivity index (χ0) is 22.1. The molecular formula is C26H29IN2O3. The lowest BCUT2D eigenvalue weighted by Gasteiger charge is -2.30. The van der Waals surface area contributed by atoms with E-state index >= 15 is 0 Å². The molecule has 1 aromatic heterocycles. The third kappa shape index (κ3) is 4.21. The van der Waals surface area contributed by atoms with Gasteiger partial charge in [-0.1, -0.05) is 18.6 Å². The van der Waals surface area contributed by atoms with Crippen molar-refractivity contribution in [3.05, 3.63) is 46.0 Å². The average molecular weight is 544 g/mol. The molecule has 2 fully saturated rings. The van der Waals surface area contributed by atoms with Crippen LogP contribution in [0.5, 0.6) is 5.75 Å². The molecular weight excluding hydrogens is 515 g/mol. The van der Waals surface area contributed by atoms with Crippen LogP contribution in [0.4, 0.5) is 10.5 Å². The Morgan fingerprint density at radius 3 is 2.47 bits per heavy atom. The lowest BCUT2D eigenvalue weighted by Crippen LogP contribution is -2.22. The third-order valence-corrected chi connectivity index (χ3v) is 7.84. The van der Waals surface area contributed by atoms with E-state index < -0.39 is 0 Å². The highest BCUT2D eigenvalue weighted by Gasteiger charge is 2.27. The molecule has 5 nitrogen and oxygen atoms in total. The molecule has 0 unspecified atom stereocenters. The molecule has 0 saturated heterocycles. The molecule has 1 amide bonds. The van der Waals surface area contributed by atoms with Crippen LogP contribution in [-0.2, 0) is 4.74 Å². The summed E-state index contributed by atoms with van der Waals surface area (Å²) in [7, 11) is 0. The standard InChI is InChI=1S/C26H29IN2O3/c1-2-31-21-13-14-22-23(15-21)29(20-7-4-8-20)25(24(22)27)18-9-11-19(12-10-18)28-26(30)32-16-17-5-3-6-17/h9-15,17,20H,2-8,16H2,1H3,(H,28,30).